The summed E-state index contributed by atoms with van der Waals surface area (Å²) in [6.07, 6.45) is 7.58. The summed E-state index contributed by atoms with van der Waals surface area (Å²) in [5.74, 6) is 0.760. The van der Waals surface area contributed by atoms with Crippen LogP contribution in [0.2, 0.25) is 5.15 Å². The molecule has 0 aromatic carbocycles. The first kappa shape index (κ1) is 18.3. The van der Waals surface area contributed by atoms with Gasteiger partial charge < -0.3 is 15.8 Å². The summed E-state index contributed by atoms with van der Waals surface area (Å²) in [5, 5.41) is 9.34. The van der Waals surface area contributed by atoms with Crippen LogP contribution in [0.15, 0.2) is 30.6 Å². The van der Waals surface area contributed by atoms with Gasteiger partial charge in [-0.1, -0.05) is 11.6 Å². The number of rotatable bonds is 4. The molecule has 3 atom stereocenters. The topological polar surface area (TPSA) is 108 Å². The highest BCUT2D eigenvalue weighted by atomic mass is 35.5. The first-order chi connectivity index (χ1) is 14.1. The zero-order valence-electron chi connectivity index (χ0n) is 15.7. The SMILES string of the molecule is Nc1nc(Cl)cc2cc(NC(=O)[C@@H]3C[C@H]3c3ccn(C4CCCCO4)n3)ncc12. The fraction of sp³-hybridized carbons (Fsp3) is 0.400. The van der Waals surface area contributed by atoms with Gasteiger partial charge in [-0.25, -0.2) is 14.6 Å². The molecule has 5 rings (SSSR count). The number of amides is 1. The molecule has 0 bridgehead atoms. The number of halogens is 1. The lowest BCUT2D eigenvalue weighted by Gasteiger charge is -2.22. The lowest BCUT2D eigenvalue weighted by atomic mass is 10.2. The zero-order valence-corrected chi connectivity index (χ0v) is 16.5. The Morgan fingerprint density at radius 1 is 1.34 bits per heavy atom. The molecule has 8 nitrogen and oxygen atoms in total. The third-order valence-corrected chi connectivity index (χ3v) is 5.75. The number of anilines is 2. The number of nitrogens with two attached hydrogens (primary N) is 1. The molecule has 1 amide bonds. The Morgan fingerprint density at radius 2 is 2.24 bits per heavy atom. The first-order valence-electron chi connectivity index (χ1n) is 9.78. The molecule has 9 heteroatoms. The molecule has 3 N–H and O–H groups in total. The second-order valence-electron chi connectivity index (χ2n) is 7.60. The normalized spacial score (nSPS) is 23.8. The van der Waals surface area contributed by atoms with Crippen LogP contribution >= 0.6 is 11.6 Å². The maximum atomic E-state index is 12.7. The average Bonchev–Trinajstić information content (AvgIpc) is 3.37. The van der Waals surface area contributed by atoms with Crippen molar-refractivity contribution in [3.63, 3.8) is 0 Å². The zero-order chi connectivity index (χ0) is 20.0. The number of hydrogen-bond donors (Lipinski definition) is 2. The van der Waals surface area contributed by atoms with Crippen LogP contribution in [0.5, 0.6) is 0 Å². The summed E-state index contributed by atoms with van der Waals surface area (Å²) in [6, 6.07) is 5.44. The molecule has 150 valence electrons. The van der Waals surface area contributed by atoms with Gasteiger partial charge >= 0.3 is 0 Å². The monoisotopic (exact) mass is 412 g/mol. The van der Waals surface area contributed by atoms with Crippen LogP contribution < -0.4 is 11.1 Å². The van der Waals surface area contributed by atoms with Crippen molar-refractivity contribution < 1.29 is 9.53 Å². The maximum Gasteiger partial charge on any atom is 0.229 e. The fourth-order valence-electron chi connectivity index (χ4n) is 3.88. The Morgan fingerprint density at radius 3 is 3.07 bits per heavy atom. The number of nitrogens with one attached hydrogen (secondary N) is 1. The molecule has 1 unspecified atom stereocenters. The minimum absolute atomic E-state index is 0.0130. The molecule has 0 spiro atoms. The molecule has 3 aromatic heterocycles. The Hall–Kier alpha value is -2.71. The molecule has 29 heavy (non-hydrogen) atoms. The first-order valence-corrected chi connectivity index (χ1v) is 10.2. The molecule has 1 aliphatic carbocycles. The van der Waals surface area contributed by atoms with E-state index in [1.807, 2.05) is 16.9 Å². The summed E-state index contributed by atoms with van der Waals surface area (Å²) in [5.41, 5.74) is 6.81. The van der Waals surface area contributed by atoms with Crippen LogP contribution in [-0.2, 0) is 9.53 Å². The lowest BCUT2D eigenvalue weighted by Crippen LogP contribution is -2.18. The Balaban J connectivity index is 1.26. The number of carbonyl (C=O) groups is 1. The van der Waals surface area contributed by atoms with E-state index in [2.05, 4.69) is 20.4 Å². The van der Waals surface area contributed by atoms with Gasteiger partial charge in [-0.15, -0.1) is 0 Å². The van der Waals surface area contributed by atoms with Gasteiger partial charge in [0.1, 0.15) is 23.0 Å². The minimum atomic E-state index is -0.103. The van der Waals surface area contributed by atoms with Gasteiger partial charge in [-0.05, 0) is 49.3 Å². The standard InChI is InChI=1S/C20H21ClN6O2/c21-16-7-11-8-17(23-10-14(11)19(22)24-16)25-20(28)13-9-12(13)15-4-5-27(26-15)18-3-1-2-6-29-18/h4-5,7-8,10,12-13,18H,1-3,6,9H2,(H2,22,24)(H,23,25,28)/t12-,13-,18?/m1/s1. The predicted octanol–water partition coefficient (Wildman–Crippen LogP) is 3.50. The molecular formula is C20H21ClN6O2. The van der Waals surface area contributed by atoms with Crippen LogP contribution in [0.25, 0.3) is 10.8 Å². The van der Waals surface area contributed by atoms with E-state index in [0.717, 1.165) is 43.4 Å². The summed E-state index contributed by atoms with van der Waals surface area (Å²) in [6.45, 7) is 0.778. The molecular weight excluding hydrogens is 392 g/mol. The van der Waals surface area contributed by atoms with Crippen LogP contribution in [0.1, 0.15) is 43.5 Å². The van der Waals surface area contributed by atoms with Crippen molar-refractivity contribution >= 4 is 39.9 Å². The highest BCUT2D eigenvalue weighted by molar-refractivity contribution is 6.30. The number of fused-ring (bicyclic) bond motifs is 1. The van der Waals surface area contributed by atoms with Crippen molar-refractivity contribution in [3.8, 4) is 0 Å². The van der Waals surface area contributed by atoms with Crippen molar-refractivity contribution in [2.24, 2.45) is 5.92 Å². The van der Waals surface area contributed by atoms with Crippen molar-refractivity contribution in [3.05, 3.63) is 41.4 Å². The lowest BCUT2D eigenvalue weighted by molar-refractivity contribution is -0.117. The Labute approximate surface area is 172 Å². The van der Waals surface area contributed by atoms with Gasteiger partial charge in [0, 0.05) is 36.2 Å². The fourth-order valence-corrected chi connectivity index (χ4v) is 4.09. The number of nitrogens with zero attached hydrogens (tertiary/aromatic N) is 4. The molecule has 2 aliphatic rings. The number of ether oxygens (including phenoxy) is 1. The highest BCUT2D eigenvalue weighted by Crippen LogP contribution is 2.47. The van der Waals surface area contributed by atoms with E-state index in [-0.39, 0.29) is 24.0 Å². The smallest absolute Gasteiger partial charge is 0.229 e. The van der Waals surface area contributed by atoms with Gasteiger partial charge in [-0.2, -0.15) is 5.10 Å². The average molecular weight is 413 g/mol. The second kappa shape index (κ2) is 7.27. The number of nitrogen functional groups attached to an aromatic ring is 1. The third kappa shape index (κ3) is 3.65. The minimum Gasteiger partial charge on any atom is -0.383 e. The second-order valence-corrected chi connectivity index (χ2v) is 7.99. The molecule has 1 saturated carbocycles. The molecule has 1 aliphatic heterocycles. The summed E-state index contributed by atoms with van der Waals surface area (Å²) in [4.78, 5) is 21.0. The van der Waals surface area contributed by atoms with Gasteiger partial charge in [0.05, 0.1) is 5.69 Å². The number of carbonyl (C=O) groups excluding carboxylic acids is 1. The Kier molecular flexibility index (Phi) is 4.60. The van der Waals surface area contributed by atoms with Crippen LogP contribution in [0.4, 0.5) is 11.6 Å². The van der Waals surface area contributed by atoms with E-state index in [0.29, 0.717) is 22.2 Å². The molecule has 1 saturated heterocycles. The van der Waals surface area contributed by atoms with Gasteiger partial charge in [0.15, 0.2) is 0 Å². The molecule has 4 heterocycles. The largest absolute Gasteiger partial charge is 0.383 e. The number of pyridine rings is 2. The van der Waals surface area contributed by atoms with Gasteiger partial charge in [-0.3, -0.25) is 4.79 Å². The van der Waals surface area contributed by atoms with Crippen molar-refractivity contribution in [1.82, 2.24) is 19.7 Å². The number of aromatic nitrogens is 4. The van der Waals surface area contributed by atoms with E-state index in [1.165, 1.54) is 0 Å². The van der Waals surface area contributed by atoms with E-state index >= 15 is 0 Å². The van der Waals surface area contributed by atoms with Gasteiger partial charge in [0.2, 0.25) is 5.91 Å². The van der Waals surface area contributed by atoms with Crippen molar-refractivity contribution in [1.29, 1.82) is 0 Å². The van der Waals surface area contributed by atoms with E-state index in [4.69, 9.17) is 22.1 Å². The summed E-state index contributed by atoms with van der Waals surface area (Å²) in [7, 11) is 0. The molecule has 3 aromatic rings. The highest BCUT2D eigenvalue weighted by Gasteiger charge is 2.45. The van der Waals surface area contributed by atoms with Gasteiger partial charge in [0.25, 0.3) is 0 Å². The van der Waals surface area contributed by atoms with Crippen LogP contribution in [0, 0.1) is 5.92 Å². The van der Waals surface area contributed by atoms with Crippen molar-refractivity contribution in [2.45, 2.75) is 37.8 Å². The maximum absolute atomic E-state index is 12.7. The van der Waals surface area contributed by atoms with Crippen LogP contribution in [0.3, 0.4) is 0 Å². The predicted molar refractivity (Wildman–Crippen MR) is 110 cm³/mol. The quantitative estimate of drug-likeness (QED) is 0.635. The van der Waals surface area contributed by atoms with Crippen molar-refractivity contribution in [2.75, 3.05) is 17.7 Å². The van der Waals surface area contributed by atoms with E-state index in [1.54, 1.807) is 18.3 Å². The van der Waals surface area contributed by atoms with Crippen LogP contribution in [-0.4, -0.2) is 32.3 Å². The summed E-state index contributed by atoms with van der Waals surface area (Å²) < 4.78 is 7.66. The third-order valence-electron chi connectivity index (χ3n) is 5.55. The number of hydrogen-bond acceptors (Lipinski definition) is 6. The van der Waals surface area contributed by atoms with E-state index in [9.17, 15) is 4.79 Å². The van der Waals surface area contributed by atoms with E-state index < -0.39 is 0 Å². The Bertz CT molecular complexity index is 1080. The summed E-state index contributed by atoms with van der Waals surface area (Å²) >= 11 is 5.97. The molecule has 2 fully saturated rings. The molecule has 0 radical (unpaired) electrons.